The first kappa shape index (κ1) is 29.2. The number of rotatable bonds is 6. The number of anilines is 3. The highest BCUT2D eigenvalue weighted by atomic mass is 15.1. The van der Waals surface area contributed by atoms with Crippen LogP contribution in [0.2, 0.25) is 0 Å². The maximum absolute atomic E-state index is 2.38. The van der Waals surface area contributed by atoms with E-state index in [4.69, 9.17) is 0 Å². The molecule has 1 aliphatic carbocycles. The lowest BCUT2D eigenvalue weighted by Gasteiger charge is -2.28. The lowest BCUT2D eigenvalue weighted by molar-refractivity contribution is 1.29. The summed E-state index contributed by atoms with van der Waals surface area (Å²) in [5.74, 6) is 0. The molecule has 0 fully saturated rings. The zero-order valence-corrected chi connectivity index (χ0v) is 28.0. The molecule has 1 aliphatic rings. The van der Waals surface area contributed by atoms with Gasteiger partial charge in [-0.1, -0.05) is 140 Å². The Morgan fingerprint density at radius 3 is 0.961 bits per heavy atom. The monoisotopic (exact) mass is 647 g/mol. The second kappa shape index (κ2) is 12.0. The maximum Gasteiger partial charge on any atom is 0.0468 e. The molecule has 9 aromatic rings. The molecule has 0 saturated heterocycles. The Hall–Kier alpha value is -6.70. The van der Waals surface area contributed by atoms with Crippen LogP contribution in [0.5, 0.6) is 0 Å². The van der Waals surface area contributed by atoms with Crippen molar-refractivity contribution in [3.8, 4) is 55.6 Å². The molecule has 0 unspecified atom stereocenters. The van der Waals surface area contributed by atoms with Gasteiger partial charge < -0.3 is 4.90 Å². The molecule has 0 heterocycles. The zero-order chi connectivity index (χ0) is 33.7. The predicted octanol–water partition coefficient (Wildman–Crippen LogP) is 14.1. The highest BCUT2D eigenvalue weighted by Crippen LogP contribution is 2.51. The minimum atomic E-state index is 1.12. The fourth-order valence-electron chi connectivity index (χ4n) is 7.66. The molecule has 1 heteroatoms. The molecule has 0 radical (unpaired) electrons. The van der Waals surface area contributed by atoms with Gasteiger partial charge in [-0.15, -0.1) is 0 Å². The number of fused-ring (bicyclic) bond motifs is 6. The summed E-state index contributed by atoms with van der Waals surface area (Å²) in [7, 11) is 0. The van der Waals surface area contributed by atoms with Crippen LogP contribution in [0.25, 0.3) is 77.2 Å². The lowest BCUT2D eigenvalue weighted by Crippen LogP contribution is -2.10. The second-order valence-electron chi connectivity index (χ2n) is 13.4. The van der Waals surface area contributed by atoms with Gasteiger partial charge in [-0.2, -0.15) is 0 Å². The van der Waals surface area contributed by atoms with E-state index >= 15 is 0 Å². The van der Waals surface area contributed by atoms with Crippen LogP contribution in [-0.4, -0.2) is 0 Å². The summed E-state index contributed by atoms with van der Waals surface area (Å²) in [5.41, 5.74) is 16.0. The van der Waals surface area contributed by atoms with Gasteiger partial charge in [-0.3, -0.25) is 0 Å². The average molecular weight is 648 g/mol. The molecule has 0 amide bonds. The fourth-order valence-corrected chi connectivity index (χ4v) is 7.66. The minimum absolute atomic E-state index is 1.12. The number of hydrogen-bond acceptors (Lipinski definition) is 1. The molecule has 238 valence electrons. The molecule has 0 spiro atoms. The molecule has 0 saturated carbocycles. The number of benzene rings is 9. The van der Waals surface area contributed by atoms with E-state index in [-0.39, 0.29) is 0 Å². The minimum Gasteiger partial charge on any atom is -0.310 e. The van der Waals surface area contributed by atoms with Crippen LogP contribution in [0.15, 0.2) is 200 Å². The van der Waals surface area contributed by atoms with E-state index in [1.54, 1.807) is 0 Å². The maximum atomic E-state index is 2.38. The smallest absolute Gasteiger partial charge is 0.0468 e. The van der Waals surface area contributed by atoms with Crippen molar-refractivity contribution in [1.82, 2.24) is 0 Å². The first-order valence-electron chi connectivity index (χ1n) is 17.6. The molecule has 0 bridgehead atoms. The largest absolute Gasteiger partial charge is 0.310 e. The van der Waals surface area contributed by atoms with Crippen molar-refractivity contribution in [2.24, 2.45) is 0 Å². The van der Waals surface area contributed by atoms with Crippen molar-refractivity contribution >= 4 is 38.6 Å². The molecule has 1 nitrogen and oxygen atoms in total. The third kappa shape index (κ3) is 5.19. The molecule has 0 N–H and O–H groups in total. The van der Waals surface area contributed by atoms with Gasteiger partial charge in [-0.25, -0.2) is 0 Å². The summed E-state index contributed by atoms with van der Waals surface area (Å²) in [6.07, 6.45) is 0. The highest BCUT2D eigenvalue weighted by molar-refractivity contribution is 6.12. The van der Waals surface area contributed by atoms with Gasteiger partial charge in [0.15, 0.2) is 0 Å². The molecule has 0 aliphatic heterocycles. The molecule has 0 aromatic heterocycles. The van der Waals surface area contributed by atoms with Gasteiger partial charge in [0.2, 0.25) is 0 Å². The number of hydrogen-bond donors (Lipinski definition) is 0. The van der Waals surface area contributed by atoms with Crippen molar-refractivity contribution in [3.63, 3.8) is 0 Å². The average Bonchev–Trinajstić information content (AvgIpc) is 3.21. The first-order chi connectivity index (χ1) is 25.2. The second-order valence-corrected chi connectivity index (χ2v) is 13.4. The van der Waals surface area contributed by atoms with Crippen molar-refractivity contribution in [1.29, 1.82) is 0 Å². The van der Waals surface area contributed by atoms with Gasteiger partial charge >= 0.3 is 0 Å². The SMILES string of the molecule is c1ccc(-c2ccc(-c3ccc(N(c4ccc(-c5ccccc5)cc4)c4ccc5cc6c(cc5c4)-c4cc5ccccc5cc4-6)cc3)cc2)cc1. The summed E-state index contributed by atoms with van der Waals surface area (Å²) >= 11 is 0. The first-order valence-corrected chi connectivity index (χ1v) is 17.6. The van der Waals surface area contributed by atoms with E-state index in [1.165, 1.54) is 77.2 Å². The van der Waals surface area contributed by atoms with E-state index in [2.05, 4.69) is 205 Å². The van der Waals surface area contributed by atoms with Crippen molar-refractivity contribution in [2.45, 2.75) is 0 Å². The van der Waals surface area contributed by atoms with Crippen LogP contribution in [0.1, 0.15) is 0 Å². The molecular formula is C50H33N. The van der Waals surface area contributed by atoms with Crippen LogP contribution in [0.4, 0.5) is 17.1 Å². The summed E-state index contributed by atoms with van der Waals surface area (Å²) < 4.78 is 0. The van der Waals surface area contributed by atoms with Gasteiger partial charge in [0.1, 0.15) is 0 Å². The van der Waals surface area contributed by atoms with Crippen LogP contribution >= 0.6 is 0 Å². The standard InChI is InChI=1S/C50H33N/c1-3-9-34(10-4-1)36-15-17-37(18-16-36)39-21-26-45(27-22-39)51(44-24-19-38(20-25-44)35-11-5-2-6-12-35)46-28-23-42-32-49-47-30-40-13-7-8-14-41(40)31-48(47)50(49)33-43(42)29-46/h1-33H. The number of nitrogens with zero attached hydrogens (tertiary/aromatic N) is 1. The van der Waals surface area contributed by atoms with Crippen LogP contribution < -0.4 is 4.90 Å². The van der Waals surface area contributed by atoms with Crippen LogP contribution in [0, 0.1) is 0 Å². The molecular weight excluding hydrogens is 615 g/mol. The Morgan fingerprint density at radius 2 is 0.529 bits per heavy atom. The Labute approximate surface area is 298 Å². The van der Waals surface area contributed by atoms with Gasteiger partial charge in [0, 0.05) is 17.1 Å². The molecule has 51 heavy (non-hydrogen) atoms. The van der Waals surface area contributed by atoms with E-state index in [0.29, 0.717) is 0 Å². The molecule has 0 atom stereocenters. The quantitative estimate of drug-likeness (QED) is 0.174. The fraction of sp³-hybridized carbons (Fsp3) is 0. The lowest BCUT2D eigenvalue weighted by atomic mass is 9.78. The van der Waals surface area contributed by atoms with Crippen molar-refractivity contribution in [3.05, 3.63) is 200 Å². The van der Waals surface area contributed by atoms with Crippen LogP contribution in [0.3, 0.4) is 0 Å². The Morgan fingerprint density at radius 1 is 0.216 bits per heavy atom. The van der Waals surface area contributed by atoms with E-state index in [1.807, 2.05) is 0 Å². The van der Waals surface area contributed by atoms with E-state index < -0.39 is 0 Å². The molecule has 10 rings (SSSR count). The Balaban J connectivity index is 1.03. The predicted molar refractivity (Wildman–Crippen MR) is 217 cm³/mol. The van der Waals surface area contributed by atoms with E-state index in [0.717, 1.165) is 17.1 Å². The highest BCUT2D eigenvalue weighted by Gasteiger charge is 2.24. The summed E-state index contributed by atoms with van der Waals surface area (Å²) in [6.45, 7) is 0. The topological polar surface area (TPSA) is 3.24 Å². The summed E-state index contributed by atoms with van der Waals surface area (Å²) in [5, 5.41) is 5.08. The third-order valence-electron chi connectivity index (χ3n) is 10.4. The van der Waals surface area contributed by atoms with Gasteiger partial charge in [-0.05, 0) is 138 Å². The van der Waals surface area contributed by atoms with Gasteiger partial charge in [0.25, 0.3) is 0 Å². The van der Waals surface area contributed by atoms with Crippen molar-refractivity contribution in [2.75, 3.05) is 4.90 Å². The normalized spacial score (nSPS) is 11.5. The van der Waals surface area contributed by atoms with E-state index in [9.17, 15) is 0 Å². The van der Waals surface area contributed by atoms with Crippen molar-refractivity contribution < 1.29 is 0 Å². The molecule has 9 aromatic carbocycles. The Kier molecular flexibility index (Phi) is 6.89. The van der Waals surface area contributed by atoms with Gasteiger partial charge in [0.05, 0.1) is 0 Å². The summed E-state index contributed by atoms with van der Waals surface area (Å²) in [6, 6.07) is 72.9. The van der Waals surface area contributed by atoms with Crippen LogP contribution in [-0.2, 0) is 0 Å². The third-order valence-corrected chi connectivity index (χ3v) is 10.4. The summed E-state index contributed by atoms with van der Waals surface area (Å²) in [4.78, 5) is 2.37. The Bertz CT molecular complexity index is 2690. The zero-order valence-electron chi connectivity index (χ0n) is 28.0.